The van der Waals surface area contributed by atoms with Crippen LogP contribution >= 0.6 is 12.2 Å². The van der Waals surface area contributed by atoms with E-state index in [1.54, 1.807) is 12.4 Å². The molecule has 0 radical (unpaired) electrons. The summed E-state index contributed by atoms with van der Waals surface area (Å²) in [6.07, 6.45) is 6.95. The summed E-state index contributed by atoms with van der Waals surface area (Å²) in [6, 6.07) is 14.6. The van der Waals surface area contributed by atoms with Crippen molar-refractivity contribution in [1.82, 2.24) is 24.2 Å². The van der Waals surface area contributed by atoms with Gasteiger partial charge in [-0.2, -0.15) is 5.10 Å². The number of hydrogen-bond donors (Lipinski definition) is 0. The molecule has 0 bridgehead atoms. The maximum absolute atomic E-state index is 5.69. The fraction of sp³-hybridized carbons (Fsp3) is 0.286. The van der Waals surface area contributed by atoms with Gasteiger partial charge in [-0.15, -0.1) is 0 Å². The van der Waals surface area contributed by atoms with Crippen LogP contribution in [0.15, 0.2) is 60.9 Å². The number of benzene rings is 1. The van der Waals surface area contributed by atoms with E-state index in [1.807, 2.05) is 16.8 Å². The Morgan fingerprint density at radius 3 is 2.48 bits per heavy atom. The second kappa shape index (κ2) is 7.98. The van der Waals surface area contributed by atoms with Crippen LogP contribution in [0.5, 0.6) is 0 Å². The Morgan fingerprint density at radius 1 is 1.04 bits per heavy atom. The molecule has 1 aromatic carbocycles. The number of aromatic nitrogens is 4. The van der Waals surface area contributed by atoms with Gasteiger partial charge in [0.1, 0.15) is 0 Å². The highest BCUT2D eigenvalue weighted by atomic mass is 32.1. The third-order valence-corrected chi connectivity index (χ3v) is 5.38. The van der Waals surface area contributed by atoms with Crippen molar-refractivity contribution >= 4 is 17.8 Å². The van der Waals surface area contributed by atoms with Crippen molar-refractivity contribution in [3.8, 4) is 11.4 Å². The van der Waals surface area contributed by atoms with Gasteiger partial charge in [0.05, 0.1) is 6.67 Å². The van der Waals surface area contributed by atoms with Crippen molar-refractivity contribution in [2.45, 2.75) is 26.6 Å². The molecule has 6 heteroatoms. The molecule has 4 rings (SSSR count). The Balaban J connectivity index is 1.53. The Labute approximate surface area is 164 Å². The standard InChI is InChI=1S/C21H23N5S/c1-2-25-20(19-8-12-22-13-9-19)23-26(21(25)27)16-24-14-10-18(11-15-24)17-6-4-3-5-7-17/h3-10,12-13H,2,11,14-16H2,1H3. The minimum Gasteiger partial charge on any atom is -0.300 e. The molecule has 1 aliphatic heterocycles. The summed E-state index contributed by atoms with van der Waals surface area (Å²) in [5.41, 5.74) is 3.79. The topological polar surface area (TPSA) is 38.9 Å². The molecular formula is C21H23N5S. The lowest BCUT2D eigenvalue weighted by Gasteiger charge is -2.26. The van der Waals surface area contributed by atoms with Crippen molar-refractivity contribution in [3.05, 3.63) is 71.3 Å². The van der Waals surface area contributed by atoms with Gasteiger partial charge in [0.2, 0.25) is 0 Å². The van der Waals surface area contributed by atoms with Gasteiger partial charge in [0, 0.05) is 37.6 Å². The van der Waals surface area contributed by atoms with Crippen molar-refractivity contribution < 1.29 is 0 Å². The van der Waals surface area contributed by atoms with Crippen molar-refractivity contribution in [2.24, 2.45) is 0 Å². The summed E-state index contributed by atoms with van der Waals surface area (Å²) in [7, 11) is 0. The Morgan fingerprint density at radius 2 is 1.81 bits per heavy atom. The number of rotatable bonds is 5. The number of hydrogen-bond acceptors (Lipinski definition) is 4. The van der Waals surface area contributed by atoms with E-state index >= 15 is 0 Å². The zero-order chi connectivity index (χ0) is 18.6. The Hall–Kier alpha value is -2.57. The quantitative estimate of drug-likeness (QED) is 0.624. The van der Waals surface area contributed by atoms with Gasteiger partial charge in [-0.05, 0) is 48.8 Å². The predicted octanol–water partition coefficient (Wildman–Crippen LogP) is 4.24. The molecule has 0 aliphatic carbocycles. The van der Waals surface area contributed by atoms with E-state index in [0.717, 1.165) is 42.2 Å². The van der Waals surface area contributed by atoms with Crippen LogP contribution in [-0.4, -0.2) is 37.3 Å². The van der Waals surface area contributed by atoms with Crippen LogP contribution in [0.25, 0.3) is 17.0 Å². The lowest BCUT2D eigenvalue weighted by Crippen LogP contribution is -2.31. The zero-order valence-electron chi connectivity index (χ0n) is 15.5. The molecule has 138 valence electrons. The van der Waals surface area contributed by atoms with Crippen LogP contribution in [0, 0.1) is 4.77 Å². The normalized spacial score (nSPS) is 14.9. The van der Waals surface area contributed by atoms with Crippen LogP contribution in [0.1, 0.15) is 18.9 Å². The van der Waals surface area contributed by atoms with E-state index in [-0.39, 0.29) is 0 Å². The molecule has 0 spiro atoms. The van der Waals surface area contributed by atoms with Gasteiger partial charge in [0.25, 0.3) is 0 Å². The van der Waals surface area contributed by atoms with Gasteiger partial charge in [0.15, 0.2) is 10.6 Å². The third kappa shape index (κ3) is 3.77. The van der Waals surface area contributed by atoms with Crippen molar-refractivity contribution in [1.29, 1.82) is 0 Å². The van der Waals surface area contributed by atoms with E-state index < -0.39 is 0 Å². The minimum absolute atomic E-state index is 0.711. The molecule has 27 heavy (non-hydrogen) atoms. The molecule has 3 aromatic rings. The molecule has 0 N–H and O–H groups in total. The smallest absolute Gasteiger partial charge is 0.199 e. The first-order valence-corrected chi connectivity index (χ1v) is 9.72. The third-order valence-electron chi connectivity index (χ3n) is 4.95. The lowest BCUT2D eigenvalue weighted by atomic mass is 10.00. The average molecular weight is 378 g/mol. The molecule has 0 saturated heterocycles. The molecule has 5 nitrogen and oxygen atoms in total. The first-order valence-electron chi connectivity index (χ1n) is 9.31. The fourth-order valence-electron chi connectivity index (χ4n) is 3.48. The highest BCUT2D eigenvalue weighted by Gasteiger charge is 2.16. The van der Waals surface area contributed by atoms with Gasteiger partial charge in [-0.25, -0.2) is 4.68 Å². The second-order valence-electron chi connectivity index (χ2n) is 6.65. The number of nitrogens with zero attached hydrogens (tertiary/aromatic N) is 5. The van der Waals surface area contributed by atoms with E-state index in [0.29, 0.717) is 6.67 Å². The first-order chi connectivity index (χ1) is 13.3. The molecule has 0 unspecified atom stereocenters. The Kier molecular flexibility index (Phi) is 5.27. The van der Waals surface area contributed by atoms with Crippen LogP contribution in [-0.2, 0) is 13.2 Å². The lowest BCUT2D eigenvalue weighted by molar-refractivity contribution is 0.226. The zero-order valence-corrected chi connectivity index (χ0v) is 16.3. The summed E-state index contributed by atoms with van der Waals surface area (Å²) in [4.78, 5) is 6.48. The van der Waals surface area contributed by atoms with E-state index in [1.165, 1.54) is 11.1 Å². The summed E-state index contributed by atoms with van der Waals surface area (Å²) < 4.78 is 4.79. The van der Waals surface area contributed by atoms with Crippen LogP contribution in [0.2, 0.25) is 0 Å². The summed E-state index contributed by atoms with van der Waals surface area (Å²) in [5.74, 6) is 0.905. The molecule has 0 saturated carbocycles. The molecule has 0 atom stereocenters. The Bertz CT molecular complexity index is 988. The molecule has 0 amide bonds. The second-order valence-corrected chi connectivity index (χ2v) is 7.01. The van der Waals surface area contributed by atoms with Crippen LogP contribution in [0.3, 0.4) is 0 Å². The van der Waals surface area contributed by atoms with E-state index in [2.05, 4.69) is 57.8 Å². The molecule has 0 fully saturated rings. The summed E-state index contributed by atoms with van der Waals surface area (Å²) >= 11 is 5.69. The maximum Gasteiger partial charge on any atom is 0.199 e. The molecule has 1 aliphatic rings. The van der Waals surface area contributed by atoms with Gasteiger partial charge in [-0.3, -0.25) is 9.88 Å². The minimum atomic E-state index is 0.711. The average Bonchev–Trinajstić information content (AvgIpc) is 3.05. The highest BCUT2D eigenvalue weighted by Crippen LogP contribution is 2.23. The highest BCUT2D eigenvalue weighted by molar-refractivity contribution is 7.71. The fourth-order valence-corrected chi connectivity index (χ4v) is 3.79. The largest absolute Gasteiger partial charge is 0.300 e. The van der Waals surface area contributed by atoms with Crippen LogP contribution in [0.4, 0.5) is 0 Å². The van der Waals surface area contributed by atoms with Crippen molar-refractivity contribution in [3.63, 3.8) is 0 Å². The predicted molar refractivity (Wildman–Crippen MR) is 111 cm³/mol. The maximum atomic E-state index is 5.69. The number of pyridine rings is 1. The summed E-state index contributed by atoms with van der Waals surface area (Å²) in [5, 5.41) is 4.81. The molecular weight excluding hydrogens is 354 g/mol. The van der Waals surface area contributed by atoms with E-state index in [9.17, 15) is 0 Å². The summed E-state index contributed by atoms with van der Waals surface area (Å²) in [6.45, 7) is 5.53. The molecule has 2 aromatic heterocycles. The van der Waals surface area contributed by atoms with Gasteiger partial charge in [-0.1, -0.05) is 36.4 Å². The van der Waals surface area contributed by atoms with Gasteiger partial charge >= 0.3 is 0 Å². The molecule has 3 heterocycles. The van der Waals surface area contributed by atoms with E-state index in [4.69, 9.17) is 17.3 Å². The van der Waals surface area contributed by atoms with Gasteiger partial charge < -0.3 is 4.57 Å². The van der Waals surface area contributed by atoms with Crippen LogP contribution < -0.4 is 0 Å². The monoisotopic (exact) mass is 377 g/mol. The SMILES string of the molecule is CCn1c(-c2ccncc2)nn(CN2CC=C(c3ccccc3)CC2)c1=S. The first kappa shape index (κ1) is 17.8. The van der Waals surface area contributed by atoms with Crippen molar-refractivity contribution in [2.75, 3.05) is 13.1 Å².